The smallest absolute Gasteiger partial charge is 0.122 e. The number of benzene rings is 1. The van der Waals surface area contributed by atoms with Crippen LogP contribution >= 0.6 is 0 Å². The summed E-state index contributed by atoms with van der Waals surface area (Å²) in [5, 5.41) is 13.3. The minimum Gasteiger partial charge on any atom is -0.491 e. The van der Waals surface area contributed by atoms with Crippen LogP contribution in [0.5, 0.6) is 5.75 Å². The Labute approximate surface area is 138 Å². The summed E-state index contributed by atoms with van der Waals surface area (Å²) in [5.41, 5.74) is 3.43. The van der Waals surface area contributed by atoms with Gasteiger partial charge in [-0.1, -0.05) is 32.0 Å². The van der Waals surface area contributed by atoms with Crippen molar-refractivity contribution in [3.8, 4) is 5.75 Å². The van der Waals surface area contributed by atoms with E-state index >= 15 is 0 Å². The van der Waals surface area contributed by atoms with Gasteiger partial charge >= 0.3 is 0 Å². The van der Waals surface area contributed by atoms with E-state index in [2.05, 4.69) is 42.3 Å². The van der Waals surface area contributed by atoms with Crippen molar-refractivity contribution < 1.29 is 9.84 Å². The summed E-state index contributed by atoms with van der Waals surface area (Å²) in [5.74, 6) is 1.31. The monoisotopic (exact) mass is 314 g/mol. The molecule has 1 aromatic heterocycles. The number of ether oxygens (including phenoxy) is 1. The Bertz CT molecular complexity index is 600. The molecule has 1 aromatic carbocycles. The van der Waals surface area contributed by atoms with Crippen LogP contribution in [0, 0.1) is 6.92 Å². The molecule has 1 heterocycles. The SMILES string of the molecule is Cc1ccc(C(C)C)cc1OCC(O)CNCc1cccnc1. The number of nitrogens with zero attached hydrogens (tertiary/aromatic N) is 1. The number of aliphatic hydroxyl groups excluding tert-OH is 1. The molecule has 0 bridgehead atoms. The lowest BCUT2D eigenvalue weighted by Gasteiger charge is -2.16. The molecule has 0 amide bonds. The number of aromatic nitrogens is 1. The molecule has 0 aliphatic carbocycles. The number of hydrogen-bond acceptors (Lipinski definition) is 4. The molecule has 0 aliphatic rings. The molecule has 2 aromatic rings. The van der Waals surface area contributed by atoms with E-state index in [1.165, 1.54) is 5.56 Å². The molecule has 2 rings (SSSR count). The van der Waals surface area contributed by atoms with Gasteiger partial charge in [0, 0.05) is 25.5 Å². The maximum Gasteiger partial charge on any atom is 0.122 e. The molecule has 4 heteroatoms. The summed E-state index contributed by atoms with van der Waals surface area (Å²) in [6.07, 6.45) is 3.02. The Morgan fingerprint density at radius 1 is 1.26 bits per heavy atom. The van der Waals surface area contributed by atoms with Gasteiger partial charge < -0.3 is 15.2 Å². The van der Waals surface area contributed by atoms with Crippen LogP contribution < -0.4 is 10.1 Å². The van der Waals surface area contributed by atoms with E-state index in [1.54, 1.807) is 6.20 Å². The van der Waals surface area contributed by atoms with Crippen LogP contribution in [0.1, 0.15) is 36.5 Å². The summed E-state index contributed by atoms with van der Waals surface area (Å²) >= 11 is 0. The number of hydrogen-bond donors (Lipinski definition) is 2. The first-order valence-corrected chi connectivity index (χ1v) is 8.07. The van der Waals surface area contributed by atoms with Crippen LogP contribution in [-0.4, -0.2) is 29.3 Å². The van der Waals surface area contributed by atoms with Crippen molar-refractivity contribution in [3.63, 3.8) is 0 Å². The lowest BCUT2D eigenvalue weighted by molar-refractivity contribution is 0.106. The summed E-state index contributed by atoms with van der Waals surface area (Å²) < 4.78 is 5.79. The first-order chi connectivity index (χ1) is 11.1. The first-order valence-electron chi connectivity index (χ1n) is 8.07. The number of pyridine rings is 1. The molecular formula is C19H26N2O2. The maximum absolute atomic E-state index is 10.1. The molecule has 4 nitrogen and oxygen atoms in total. The highest BCUT2D eigenvalue weighted by Gasteiger charge is 2.08. The van der Waals surface area contributed by atoms with Crippen LogP contribution in [-0.2, 0) is 6.54 Å². The Kier molecular flexibility index (Phi) is 6.56. The summed E-state index contributed by atoms with van der Waals surface area (Å²) in [6.45, 7) is 7.79. The molecule has 1 atom stereocenters. The lowest BCUT2D eigenvalue weighted by atomic mass is 10.0. The minimum absolute atomic E-state index is 0.280. The Hall–Kier alpha value is -1.91. The van der Waals surface area contributed by atoms with Crippen LogP contribution in [0.25, 0.3) is 0 Å². The fourth-order valence-electron chi connectivity index (χ4n) is 2.26. The number of nitrogens with one attached hydrogen (secondary N) is 1. The third kappa shape index (κ3) is 5.66. The predicted octanol–water partition coefficient (Wildman–Crippen LogP) is 3.04. The zero-order chi connectivity index (χ0) is 16.7. The third-order valence-corrected chi connectivity index (χ3v) is 3.74. The Balaban J connectivity index is 1.78. The second-order valence-electron chi connectivity index (χ2n) is 6.14. The molecule has 1 unspecified atom stereocenters. The fourth-order valence-corrected chi connectivity index (χ4v) is 2.26. The van der Waals surface area contributed by atoms with Gasteiger partial charge in [-0.3, -0.25) is 4.98 Å². The Morgan fingerprint density at radius 3 is 2.78 bits per heavy atom. The number of aryl methyl sites for hydroxylation is 1. The van der Waals surface area contributed by atoms with Gasteiger partial charge in [0.1, 0.15) is 18.5 Å². The zero-order valence-electron chi connectivity index (χ0n) is 14.1. The van der Waals surface area contributed by atoms with Gasteiger partial charge in [0.15, 0.2) is 0 Å². The maximum atomic E-state index is 10.1. The van der Waals surface area contributed by atoms with E-state index in [0.717, 1.165) is 16.9 Å². The molecular weight excluding hydrogens is 288 g/mol. The highest BCUT2D eigenvalue weighted by molar-refractivity contribution is 5.37. The van der Waals surface area contributed by atoms with E-state index in [-0.39, 0.29) is 6.61 Å². The van der Waals surface area contributed by atoms with E-state index in [4.69, 9.17) is 4.74 Å². The van der Waals surface area contributed by atoms with E-state index in [9.17, 15) is 5.11 Å². The second kappa shape index (κ2) is 8.65. The third-order valence-electron chi connectivity index (χ3n) is 3.74. The quantitative estimate of drug-likeness (QED) is 0.786. The van der Waals surface area contributed by atoms with Gasteiger partial charge in [-0.2, -0.15) is 0 Å². The van der Waals surface area contributed by atoms with Crippen LogP contribution in [0.15, 0.2) is 42.7 Å². The molecule has 0 spiro atoms. The van der Waals surface area contributed by atoms with Gasteiger partial charge in [0.05, 0.1) is 0 Å². The fraction of sp³-hybridized carbons (Fsp3) is 0.421. The second-order valence-corrected chi connectivity index (χ2v) is 6.14. The predicted molar refractivity (Wildman–Crippen MR) is 92.7 cm³/mol. The number of aliphatic hydroxyl groups is 1. The molecule has 0 fully saturated rings. The minimum atomic E-state index is -0.547. The molecule has 0 saturated carbocycles. The van der Waals surface area contributed by atoms with Gasteiger partial charge in [0.25, 0.3) is 0 Å². The van der Waals surface area contributed by atoms with Crippen molar-refractivity contribution in [1.82, 2.24) is 10.3 Å². The lowest BCUT2D eigenvalue weighted by Crippen LogP contribution is -2.31. The van der Waals surface area contributed by atoms with E-state index in [1.807, 2.05) is 25.3 Å². The summed E-state index contributed by atoms with van der Waals surface area (Å²) in [7, 11) is 0. The zero-order valence-corrected chi connectivity index (χ0v) is 14.1. The number of rotatable bonds is 8. The topological polar surface area (TPSA) is 54.4 Å². The molecule has 0 aliphatic heterocycles. The van der Waals surface area contributed by atoms with E-state index < -0.39 is 6.10 Å². The normalized spacial score (nSPS) is 12.4. The highest BCUT2D eigenvalue weighted by atomic mass is 16.5. The van der Waals surface area contributed by atoms with Crippen molar-refractivity contribution in [2.45, 2.75) is 39.3 Å². The van der Waals surface area contributed by atoms with Crippen molar-refractivity contribution in [2.75, 3.05) is 13.2 Å². The summed E-state index contributed by atoms with van der Waals surface area (Å²) in [4.78, 5) is 4.06. The highest BCUT2D eigenvalue weighted by Crippen LogP contribution is 2.24. The molecule has 0 radical (unpaired) electrons. The van der Waals surface area contributed by atoms with Gasteiger partial charge in [0.2, 0.25) is 0 Å². The van der Waals surface area contributed by atoms with Crippen LogP contribution in [0.2, 0.25) is 0 Å². The average Bonchev–Trinajstić information content (AvgIpc) is 2.55. The summed E-state index contributed by atoms with van der Waals surface area (Å²) in [6, 6.07) is 10.2. The van der Waals surface area contributed by atoms with Gasteiger partial charge in [-0.05, 0) is 41.7 Å². The van der Waals surface area contributed by atoms with Crippen molar-refractivity contribution in [1.29, 1.82) is 0 Å². The molecule has 124 valence electrons. The standard InChI is InChI=1S/C19H26N2O2/c1-14(2)17-7-6-15(3)19(9-17)23-13-18(22)12-21-11-16-5-4-8-20-10-16/h4-10,14,18,21-22H,11-13H2,1-3H3. The van der Waals surface area contributed by atoms with E-state index in [0.29, 0.717) is 19.0 Å². The molecule has 23 heavy (non-hydrogen) atoms. The van der Waals surface area contributed by atoms with Crippen LogP contribution in [0.3, 0.4) is 0 Å². The first kappa shape index (κ1) is 17.4. The molecule has 2 N–H and O–H groups in total. The molecule has 0 saturated heterocycles. The average molecular weight is 314 g/mol. The Morgan fingerprint density at radius 2 is 2.09 bits per heavy atom. The van der Waals surface area contributed by atoms with Gasteiger partial charge in [-0.25, -0.2) is 0 Å². The van der Waals surface area contributed by atoms with Crippen molar-refractivity contribution >= 4 is 0 Å². The van der Waals surface area contributed by atoms with Crippen molar-refractivity contribution in [2.24, 2.45) is 0 Å². The van der Waals surface area contributed by atoms with Crippen molar-refractivity contribution in [3.05, 3.63) is 59.4 Å². The van der Waals surface area contributed by atoms with Crippen LogP contribution in [0.4, 0.5) is 0 Å². The largest absolute Gasteiger partial charge is 0.491 e. The van der Waals surface area contributed by atoms with Gasteiger partial charge in [-0.15, -0.1) is 0 Å².